The zero-order valence-electron chi connectivity index (χ0n) is 10.1. The van der Waals surface area contributed by atoms with Crippen molar-refractivity contribution in [3.63, 3.8) is 0 Å². The molecule has 15 heavy (non-hydrogen) atoms. The van der Waals surface area contributed by atoms with Crippen molar-refractivity contribution in [3.8, 4) is 0 Å². The molecule has 0 aliphatic rings. The molecule has 0 amide bonds. The van der Waals surface area contributed by atoms with Gasteiger partial charge in [0.25, 0.3) is 0 Å². The van der Waals surface area contributed by atoms with Gasteiger partial charge in [-0.25, -0.2) is 0 Å². The van der Waals surface area contributed by atoms with Gasteiger partial charge in [-0.2, -0.15) is 0 Å². The Balaban J connectivity index is 2.99. The Morgan fingerprint density at radius 2 is 2.07 bits per heavy atom. The zero-order valence-corrected chi connectivity index (χ0v) is 12.6. The second-order valence-electron chi connectivity index (χ2n) is 4.96. The fourth-order valence-corrected chi connectivity index (χ4v) is 3.56. The normalized spacial score (nSPS) is 14.3. The van der Waals surface area contributed by atoms with E-state index in [0.717, 1.165) is 6.54 Å². The first-order chi connectivity index (χ1) is 6.86. The topological polar surface area (TPSA) is 12.0 Å². The molecule has 0 radical (unpaired) electrons. The Hall–Kier alpha value is 0.140. The average molecular weight is 290 g/mol. The molecule has 0 bridgehead atoms. The highest BCUT2D eigenvalue weighted by molar-refractivity contribution is 9.11. The standard InChI is InChI=1S/C12H20BrNS/c1-6-14-10(12(3,4)5)9-7-8(2)11(13)15-9/h7,10,14H,6H2,1-5H3. The van der Waals surface area contributed by atoms with Crippen molar-refractivity contribution < 1.29 is 0 Å². The number of thiophene rings is 1. The molecule has 1 unspecified atom stereocenters. The molecule has 1 aromatic rings. The summed E-state index contributed by atoms with van der Waals surface area (Å²) in [4.78, 5) is 1.42. The Bertz CT molecular complexity index is 305. The maximum atomic E-state index is 3.59. The lowest BCUT2D eigenvalue weighted by Gasteiger charge is -2.30. The van der Waals surface area contributed by atoms with Crippen LogP contribution in [0.4, 0.5) is 0 Å². The fraction of sp³-hybridized carbons (Fsp3) is 0.667. The van der Waals surface area contributed by atoms with Crippen molar-refractivity contribution in [3.05, 3.63) is 20.3 Å². The van der Waals surface area contributed by atoms with Crippen LogP contribution in [0.2, 0.25) is 0 Å². The molecule has 86 valence electrons. The lowest BCUT2D eigenvalue weighted by Crippen LogP contribution is -2.31. The van der Waals surface area contributed by atoms with Crippen molar-refractivity contribution in [1.82, 2.24) is 5.32 Å². The van der Waals surface area contributed by atoms with E-state index in [-0.39, 0.29) is 5.41 Å². The highest BCUT2D eigenvalue weighted by Crippen LogP contribution is 2.39. The SMILES string of the molecule is CCNC(c1cc(C)c(Br)s1)C(C)(C)C. The molecular formula is C12H20BrNS. The smallest absolute Gasteiger partial charge is 0.0731 e. The Morgan fingerprint density at radius 1 is 1.47 bits per heavy atom. The van der Waals surface area contributed by atoms with E-state index in [1.807, 2.05) is 11.3 Å². The maximum Gasteiger partial charge on any atom is 0.0731 e. The minimum Gasteiger partial charge on any atom is -0.309 e. The minimum atomic E-state index is 0.257. The number of hydrogen-bond acceptors (Lipinski definition) is 2. The first-order valence-corrected chi connectivity index (χ1v) is 6.96. The molecule has 1 nitrogen and oxygen atoms in total. The molecule has 0 aromatic carbocycles. The number of nitrogens with one attached hydrogen (secondary N) is 1. The Kier molecular flexibility index (Phi) is 4.38. The van der Waals surface area contributed by atoms with Gasteiger partial charge in [0.2, 0.25) is 0 Å². The second-order valence-corrected chi connectivity index (χ2v) is 7.36. The van der Waals surface area contributed by atoms with Crippen LogP contribution in [0.3, 0.4) is 0 Å². The van der Waals surface area contributed by atoms with Gasteiger partial charge in [0.15, 0.2) is 0 Å². The van der Waals surface area contributed by atoms with Crippen LogP contribution >= 0.6 is 27.3 Å². The molecule has 0 saturated heterocycles. The first kappa shape index (κ1) is 13.2. The summed E-state index contributed by atoms with van der Waals surface area (Å²) in [6, 6.07) is 2.73. The van der Waals surface area contributed by atoms with Crippen LogP contribution in [0.15, 0.2) is 9.85 Å². The van der Waals surface area contributed by atoms with Gasteiger partial charge in [-0.3, -0.25) is 0 Å². The van der Waals surface area contributed by atoms with Crippen molar-refractivity contribution in [2.45, 2.75) is 40.7 Å². The minimum absolute atomic E-state index is 0.257. The molecule has 0 saturated carbocycles. The molecule has 1 rings (SSSR count). The molecule has 0 spiro atoms. The predicted molar refractivity (Wildman–Crippen MR) is 72.6 cm³/mol. The van der Waals surface area contributed by atoms with Crippen LogP contribution in [-0.4, -0.2) is 6.54 Å². The van der Waals surface area contributed by atoms with Crippen LogP contribution in [0.1, 0.15) is 44.2 Å². The highest BCUT2D eigenvalue weighted by Gasteiger charge is 2.27. The van der Waals surface area contributed by atoms with E-state index in [1.165, 1.54) is 14.2 Å². The summed E-state index contributed by atoms with van der Waals surface area (Å²) >= 11 is 5.44. The molecule has 0 fully saturated rings. The highest BCUT2D eigenvalue weighted by atomic mass is 79.9. The fourth-order valence-electron chi connectivity index (χ4n) is 1.66. The summed E-state index contributed by atoms with van der Waals surface area (Å²) in [7, 11) is 0. The molecule has 3 heteroatoms. The first-order valence-electron chi connectivity index (χ1n) is 5.35. The van der Waals surface area contributed by atoms with E-state index in [1.54, 1.807) is 0 Å². The number of hydrogen-bond donors (Lipinski definition) is 1. The summed E-state index contributed by atoms with van der Waals surface area (Å²) in [5.74, 6) is 0. The molecule has 1 atom stereocenters. The van der Waals surface area contributed by atoms with E-state index in [0.29, 0.717) is 6.04 Å². The van der Waals surface area contributed by atoms with Gasteiger partial charge in [-0.05, 0) is 46.4 Å². The third-order valence-electron chi connectivity index (χ3n) is 2.44. The van der Waals surface area contributed by atoms with Crippen LogP contribution in [-0.2, 0) is 0 Å². The molecular weight excluding hydrogens is 270 g/mol. The van der Waals surface area contributed by atoms with Crippen molar-refractivity contribution >= 4 is 27.3 Å². The molecule has 0 aliphatic heterocycles. The third-order valence-corrected chi connectivity index (χ3v) is 4.64. The third kappa shape index (κ3) is 3.30. The van der Waals surface area contributed by atoms with Gasteiger partial charge in [0, 0.05) is 10.9 Å². The Morgan fingerprint density at radius 3 is 2.40 bits per heavy atom. The summed E-state index contributed by atoms with van der Waals surface area (Å²) in [6.07, 6.45) is 0. The monoisotopic (exact) mass is 289 g/mol. The molecule has 1 aromatic heterocycles. The second kappa shape index (κ2) is 4.98. The van der Waals surface area contributed by atoms with Gasteiger partial charge in [-0.1, -0.05) is 27.7 Å². The molecule has 0 aliphatic carbocycles. The van der Waals surface area contributed by atoms with E-state index in [9.17, 15) is 0 Å². The summed E-state index contributed by atoms with van der Waals surface area (Å²) in [6.45, 7) is 12.2. The zero-order chi connectivity index (χ0) is 11.6. The number of halogens is 1. The lowest BCUT2D eigenvalue weighted by molar-refractivity contribution is 0.280. The van der Waals surface area contributed by atoms with E-state index < -0.39 is 0 Å². The van der Waals surface area contributed by atoms with Gasteiger partial charge < -0.3 is 5.32 Å². The predicted octanol–water partition coefficient (Wildman–Crippen LogP) is 4.52. The maximum absolute atomic E-state index is 3.59. The summed E-state index contributed by atoms with van der Waals surface area (Å²) < 4.78 is 1.25. The molecule has 1 heterocycles. The van der Waals surface area contributed by atoms with Crippen LogP contribution in [0, 0.1) is 12.3 Å². The Labute approximate surface area is 105 Å². The van der Waals surface area contributed by atoms with Gasteiger partial charge in [0.1, 0.15) is 0 Å². The van der Waals surface area contributed by atoms with Crippen molar-refractivity contribution in [1.29, 1.82) is 0 Å². The quantitative estimate of drug-likeness (QED) is 0.863. The van der Waals surface area contributed by atoms with Crippen molar-refractivity contribution in [2.24, 2.45) is 5.41 Å². The summed E-state index contributed by atoms with van der Waals surface area (Å²) in [5.41, 5.74) is 1.59. The van der Waals surface area contributed by atoms with E-state index >= 15 is 0 Å². The number of aryl methyl sites for hydroxylation is 1. The van der Waals surface area contributed by atoms with Crippen LogP contribution in [0.5, 0.6) is 0 Å². The largest absolute Gasteiger partial charge is 0.309 e. The number of rotatable bonds is 3. The van der Waals surface area contributed by atoms with E-state index in [4.69, 9.17) is 0 Å². The van der Waals surface area contributed by atoms with E-state index in [2.05, 4.69) is 61.9 Å². The van der Waals surface area contributed by atoms with Crippen LogP contribution in [0.25, 0.3) is 0 Å². The van der Waals surface area contributed by atoms with Crippen molar-refractivity contribution in [2.75, 3.05) is 6.54 Å². The van der Waals surface area contributed by atoms with Gasteiger partial charge in [0.05, 0.1) is 3.79 Å². The van der Waals surface area contributed by atoms with Gasteiger partial charge >= 0.3 is 0 Å². The van der Waals surface area contributed by atoms with Gasteiger partial charge in [-0.15, -0.1) is 11.3 Å². The summed E-state index contributed by atoms with van der Waals surface area (Å²) in [5, 5.41) is 3.57. The van der Waals surface area contributed by atoms with Crippen LogP contribution < -0.4 is 5.32 Å². The molecule has 1 N–H and O–H groups in total. The average Bonchev–Trinajstić information content (AvgIpc) is 2.40. The lowest BCUT2D eigenvalue weighted by atomic mass is 9.85.